The largest absolute Gasteiger partial charge is 0.377 e. The van der Waals surface area contributed by atoms with E-state index in [1.54, 1.807) is 19.5 Å². The van der Waals surface area contributed by atoms with Gasteiger partial charge in [-0.15, -0.1) is 10.2 Å². The molecule has 0 aliphatic carbocycles. The second kappa shape index (κ2) is 7.21. The standard InChI is InChI=1S/C22H19N7O/c1-14-4-7-19-17(8-14)22-27-26-21(12-30-3)28(22)11-20-18(25-13-29(19)20)6-5-16-9-23-15(2)24-10-16/h4,7-10,13H,11-12H2,1-3H3. The van der Waals surface area contributed by atoms with Crippen LogP contribution in [0.1, 0.15) is 34.2 Å². The molecule has 30 heavy (non-hydrogen) atoms. The minimum absolute atomic E-state index is 0.379. The highest BCUT2D eigenvalue weighted by Crippen LogP contribution is 2.33. The molecule has 1 aromatic carbocycles. The molecule has 8 heteroatoms. The number of nitrogens with zero attached hydrogens (tertiary/aromatic N) is 7. The molecule has 4 aromatic rings. The van der Waals surface area contributed by atoms with Crippen LogP contribution in [0.4, 0.5) is 0 Å². The summed E-state index contributed by atoms with van der Waals surface area (Å²) in [4.78, 5) is 13.0. The predicted molar refractivity (Wildman–Crippen MR) is 110 cm³/mol. The summed E-state index contributed by atoms with van der Waals surface area (Å²) in [5, 5.41) is 8.81. The third kappa shape index (κ3) is 3.06. The number of aryl methyl sites for hydroxylation is 2. The number of hydrogen-bond acceptors (Lipinski definition) is 6. The van der Waals surface area contributed by atoms with E-state index in [0.717, 1.165) is 39.7 Å². The van der Waals surface area contributed by atoms with Crippen LogP contribution < -0.4 is 0 Å². The Morgan fingerprint density at radius 1 is 1.07 bits per heavy atom. The molecule has 3 aromatic heterocycles. The van der Waals surface area contributed by atoms with E-state index in [1.165, 1.54) is 0 Å². The van der Waals surface area contributed by atoms with Crippen LogP contribution in [0.5, 0.6) is 0 Å². The summed E-state index contributed by atoms with van der Waals surface area (Å²) in [5.41, 5.74) is 5.58. The Hall–Kier alpha value is -3.83. The Kier molecular flexibility index (Phi) is 4.38. The minimum Gasteiger partial charge on any atom is -0.377 e. The maximum absolute atomic E-state index is 5.33. The highest BCUT2D eigenvalue weighted by Gasteiger charge is 2.25. The summed E-state index contributed by atoms with van der Waals surface area (Å²) in [6.07, 6.45) is 5.25. The Balaban J connectivity index is 1.67. The van der Waals surface area contributed by atoms with Crippen LogP contribution in [0.15, 0.2) is 36.9 Å². The zero-order valence-electron chi connectivity index (χ0n) is 16.9. The topological polar surface area (TPSA) is 83.5 Å². The first-order chi connectivity index (χ1) is 14.6. The van der Waals surface area contributed by atoms with Crippen molar-refractivity contribution in [2.75, 3.05) is 7.11 Å². The maximum atomic E-state index is 5.33. The number of rotatable bonds is 2. The summed E-state index contributed by atoms with van der Waals surface area (Å²) in [5.74, 6) is 8.60. The Morgan fingerprint density at radius 2 is 1.90 bits per heavy atom. The van der Waals surface area contributed by atoms with Gasteiger partial charge in [0.05, 0.1) is 23.5 Å². The number of imidazole rings is 1. The highest BCUT2D eigenvalue weighted by atomic mass is 16.5. The molecule has 0 radical (unpaired) electrons. The lowest BCUT2D eigenvalue weighted by Crippen LogP contribution is -2.09. The molecule has 0 N–H and O–H groups in total. The van der Waals surface area contributed by atoms with Crippen molar-refractivity contribution in [3.8, 4) is 28.9 Å². The van der Waals surface area contributed by atoms with Crippen LogP contribution in [0.25, 0.3) is 17.1 Å². The second-order valence-corrected chi connectivity index (χ2v) is 7.16. The zero-order chi connectivity index (χ0) is 20.7. The van der Waals surface area contributed by atoms with Crippen LogP contribution in [0, 0.1) is 25.7 Å². The van der Waals surface area contributed by atoms with Crippen molar-refractivity contribution in [1.82, 2.24) is 34.3 Å². The molecule has 1 aliphatic rings. The average molecular weight is 397 g/mol. The molecule has 148 valence electrons. The first kappa shape index (κ1) is 18.2. The minimum atomic E-state index is 0.379. The lowest BCUT2D eigenvalue weighted by atomic mass is 10.1. The number of ether oxygens (including phenoxy) is 1. The highest BCUT2D eigenvalue weighted by molar-refractivity contribution is 5.70. The quantitative estimate of drug-likeness (QED) is 0.426. The first-order valence-corrected chi connectivity index (χ1v) is 9.53. The van der Waals surface area contributed by atoms with Gasteiger partial charge in [-0.3, -0.25) is 4.57 Å². The zero-order valence-corrected chi connectivity index (χ0v) is 16.9. The molecular formula is C22H19N7O. The molecule has 0 saturated carbocycles. The van der Waals surface area contributed by atoms with E-state index in [0.29, 0.717) is 24.7 Å². The Bertz CT molecular complexity index is 1310. The van der Waals surface area contributed by atoms with Gasteiger partial charge in [-0.1, -0.05) is 17.6 Å². The van der Waals surface area contributed by atoms with Crippen LogP contribution in [-0.2, 0) is 17.9 Å². The first-order valence-electron chi connectivity index (χ1n) is 9.53. The van der Waals surface area contributed by atoms with Crippen LogP contribution in [0.2, 0.25) is 0 Å². The molecule has 5 rings (SSSR count). The van der Waals surface area contributed by atoms with Crippen molar-refractivity contribution in [1.29, 1.82) is 0 Å². The fourth-order valence-corrected chi connectivity index (χ4v) is 3.55. The van der Waals surface area contributed by atoms with Crippen molar-refractivity contribution < 1.29 is 4.74 Å². The smallest absolute Gasteiger partial charge is 0.166 e. The third-order valence-electron chi connectivity index (χ3n) is 5.03. The SMILES string of the molecule is COCc1nnc2n1Cc1c(C#Cc3cnc(C)nc3)ncn1-c1ccc(C)cc1-2. The predicted octanol–water partition coefficient (Wildman–Crippen LogP) is 2.45. The molecule has 0 bridgehead atoms. The molecule has 4 heterocycles. The van der Waals surface area contributed by atoms with Crippen molar-refractivity contribution >= 4 is 0 Å². The molecule has 0 atom stereocenters. The van der Waals surface area contributed by atoms with Gasteiger partial charge >= 0.3 is 0 Å². The van der Waals surface area contributed by atoms with Crippen LogP contribution >= 0.6 is 0 Å². The van der Waals surface area contributed by atoms with Crippen molar-refractivity contribution in [2.45, 2.75) is 27.0 Å². The Labute approximate surface area is 173 Å². The molecule has 1 aliphatic heterocycles. The fourth-order valence-electron chi connectivity index (χ4n) is 3.55. The number of fused-ring (bicyclic) bond motifs is 5. The molecule has 0 unspecified atom stereocenters. The fraction of sp³-hybridized carbons (Fsp3) is 0.227. The van der Waals surface area contributed by atoms with E-state index < -0.39 is 0 Å². The number of benzene rings is 1. The molecule has 8 nitrogen and oxygen atoms in total. The Morgan fingerprint density at radius 3 is 2.70 bits per heavy atom. The van der Waals surface area contributed by atoms with Gasteiger partial charge in [-0.25, -0.2) is 15.0 Å². The summed E-state index contributed by atoms with van der Waals surface area (Å²) >= 11 is 0. The lowest BCUT2D eigenvalue weighted by molar-refractivity contribution is 0.174. The van der Waals surface area contributed by atoms with Crippen molar-refractivity contribution in [3.05, 3.63) is 71.1 Å². The van der Waals surface area contributed by atoms with E-state index >= 15 is 0 Å². The number of aromatic nitrogens is 7. The lowest BCUT2D eigenvalue weighted by Gasteiger charge is -2.08. The van der Waals surface area contributed by atoms with E-state index in [2.05, 4.69) is 71.2 Å². The molecule has 0 amide bonds. The maximum Gasteiger partial charge on any atom is 0.166 e. The van der Waals surface area contributed by atoms with E-state index in [4.69, 9.17) is 4.74 Å². The second-order valence-electron chi connectivity index (χ2n) is 7.16. The molecular weight excluding hydrogens is 378 g/mol. The number of hydrogen-bond donors (Lipinski definition) is 0. The average Bonchev–Trinajstić information content (AvgIpc) is 3.29. The summed E-state index contributed by atoms with van der Waals surface area (Å²) in [7, 11) is 1.65. The third-order valence-corrected chi connectivity index (χ3v) is 5.03. The van der Waals surface area contributed by atoms with Gasteiger partial charge < -0.3 is 9.30 Å². The number of methoxy groups -OCH3 is 1. The van der Waals surface area contributed by atoms with Gasteiger partial charge in [0.15, 0.2) is 11.6 Å². The molecule has 0 fully saturated rings. The summed E-state index contributed by atoms with van der Waals surface area (Å²) in [6, 6.07) is 6.29. The van der Waals surface area contributed by atoms with Gasteiger partial charge in [-0.2, -0.15) is 0 Å². The van der Waals surface area contributed by atoms with Crippen LogP contribution in [-0.4, -0.2) is 41.4 Å². The van der Waals surface area contributed by atoms with Gasteiger partial charge in [0.1, 0.15) is 24.5 Å². The van der Waals surface area contributed by atoms with Crippen molar-refractivity contribution in [3.63, 3.8) is 0 Å². The molecule has 0 saturated heterocycles. The normalized spacial score (nSPS) is 11.7. The van der Waals surface area contributed by atoms with E-state index in [1.807, 2.05) is 13.3 Å². The van der Waals surface area contributed by atoms with Gasteiger partial charge in [0, 0.05) is 25.1 Å². The van der Waals surface area contributed by atoms with E-state index in [9.17, 15) is 0 Å². The monoisotopic (exact) mass is 397 g/mol. The van der Waals surface area contributed by atoms with Gasteiger partial charge in [0.2, 0.25) is 0 Å². The summed E-state index contributed by atoms with van der Waals surface area (Å²) in [6.45, 7) is 4.84. The van der Waals surface area contributed by atoms with Gasteiger partial charge in [0.25, 0.3) is 0 Å². The summed E-state index contributed by atoms with van der Waals surface area (Å²) < 4.78 is 9.48. The van der Waals surface area contributed by atoms with Crippen LogP contribution in [0.3, 0.4) is 0 Å². The van der Waals surface area contributed by atoms with E-state index in [-0.39, 0.29) is 0 Å². The van der Waals surface area contributed by atoms with Gasteiger partial charge in [-0.05, 0) is 31.9 Å². The molecule has 0 spiro atoms. The van der Waals surface area contributed by atoms with Crippen molar-refractivity contribution in [2.24, 2.45) is 0 Å².